The van der Waals surface area contributed by atoms with Gasteiger partial charge in [-0.25, -0.2) is 9.78 Å². The number of fused-ring (bicyclic) bond motifs is 3. The van der Waals surface area contributed by atoms with E-state index in [1.54, 1.807) is 49.6 Å². The number of likely N-dealkylation sites (tertiary alicyclic amines) is 1. The van der Waals surface area contributed by atoms with E-state index in [9.17, 15) is 14.7 Å². The van der Waals surface area contributed by atoms with Crippen LogP contribution in [0, 0.1) is 0 Å². The Morgan fingerprint density at radius 3 is 1.78 bits per heavy atom. The summed E-state index contributed by atoms with van der Waals surface area (Å²) >= 11 is 0. The summed E-state index contributed by atoms with van der Waals surface area (Å²) in [6, 6.07) is 52.7. The van der Waals surface area contributed by atoms with Gasteiger partial charge in [-0.3, -0.25) is 9.69 Å². The third kappa shape index (κ3) is 8.76. The number of aromatic nitrogens is 1. The number of anilines is 1. The SMILES string of the molecule is COc1ccc(C(OC[C@@H]2[C@@H](O)C[C@H](c3ccc(NC(=O)COc4ccccc4)nc3)N2C(=O)OCC2c3ccccc3-c3ccccc32)(c2ccccc2)c2ccc(OC)cc2)cc1. The maximum atomic E-state index is 14.9. The van der Waals surface area contributed by atoms with E-state index in [0.717, 1.165) is 38.9 Å². The van der Waals surface area contributed by atoms with Crippen LogP contribution < -0.4 is 19.5 Å². The average Bonchev–Trinajstić information content (AvgIpc) is 3.87. The van der Waals surface area contributed by atoms with E-state index in [4.69, 9.17) is 23.7 Å². The van der Waals surface area contributed by atoms with Crippen LogP contribution >= 0.6 is 0 Å². The van der Waals surface area contributed by atoms with E-state index in [1.165, 1.54) is 0 Å². The number of hydrogen-bond donors (Lipinski definition) is 2. The van der Waals surface area contributed by atoms with Crippen molar-refractivity contribution < 1.29 is 38.4 Å². The number of aliphatic hydroxyl groups excluding tert-OH is 1. The van der Waals surface area contributed by atoms with Crippen LogP contribution in [-0.2, 0) is 19.9 Å². The molecule has 9 rings (SSSR count). The van der Waals surface area contributed by atoms with Gasteiger partial charge in [0.25, 0.3) is 5.91 Å². The second kappa shape index (κ2) is 19.1. The molecule has 1 aliphatic carbocycles. The number of aliphatic hydroxyl groups is 1. The first kappa shape index (κ1) is 42.8. The zero-order chi connectivity index (χ0) is 44.8. The van der Waals surface area contributed by atoms with Crippen LogP contribution in [-0.4, -0.2) is 73.2 Å². The van der Waals surface area contributed by atoms with Gasteiger partial charge in [-0.2, -0.15) is 0 Å². The number of carbonyl (C=O) groups excluding carboxylic acids is 2. The summed E-state index contributed by atoms with van der Waals surface area (Å²) in [5.74, 6) is 1.69. The van der Waals surface area contributed by atoms with Crippen molar-refractivity contribution in [2.45, 2.75) is 36.1 Å². The Bertz CT molecular complexity index is 2620. The molecule has 2 heterocycles. The monoisotopic (exact) mass is 867 g/mol. The first-order valence-corrected chi connectivity index (χ1v) is 21.6. The molecular weight excluding hydrogens is 819 g/mol. The van der Waals surface area contributed by atoms with Crippen LogP contribution in [0.1, 0.15) is 51.8 Å². The summed E-state index contributed by atoms with van der Waals surface area (Å²) in [6.45, 7) is -0.200. The first-order valence-electron chi connectivity index (χ1n) is 21.6. The van der Waals surface area contributed by atoms with Gasteiger partial charge >= 0.3 is 6.09 Å². The lowest BCUT2D eigenvalue weighted by atomic mass is 9.80. The summed E-state index contributed by atoms with van der Waals surface area (Å²) < 4.78 is 30.3. The third-order valence-electron chi connectivity index (χ3n) is 12.3. The van der Waals surface area contributed by atoms with Crippen LogP contribution in [0.5, 0.6) is 17.2 Å². The lowest BCUT2D eigenvalue weighted by molar-refractivity contribution is -0.118. The second-order valence-corrected chi connectivity index (χ2v) is 16.0. The van der Waals surface area contributed by atoms with Gasteiger partial charge in [-0.1, -0.05) is 127 Å². The van der Waals surface area contributed by atoms with Crippen LogP contribution in [0.15, 0.2) is 176 Å². The van der Waals surface area contributed by atoms with Gasteiger partial charge in [0, 0.05) is 18.5 Å². The molecule has 7 aromatic rings. The first-order chi connectivity index (χ1) is 31.9. The Morgan fingerprint density at radius 2 is 1.22 bits per heavy atom. The molecular formula is C54H49N3O8. The van der Waals surface area contributed by atoms with E-state index in [0.29, 0.717) is 28.6 Å². The number of amides is 2. The Labute approximate surface area is 378 Å². The molecule has 3 atom stereocenters. The van der Waals surface area contributed by atoms with E-state index < -0.39 is 29.9 Å². The number of benzene rings is 6. The molecule has 2 amide bonds. The van der Waals surface area contributed by atoms with Gasteiger partial charge in [0.05, 0.1) is 39.0 Å². The number of ether oxygens (including phenoxy) is 5. The summed E-state index contributed by atoms with van der Waals surface area (Å²) in [6.07, 6.45) is 0.174. The number of rotatable bonds is 15. The number of nitrogens with zero attached hydrogens (tertiary/aromatic N) is 2. The number of carbonyl (C=O) groups is 2. The van der Waals surface area contributed by atoms with Crippen molar-refractivity contribution in [3.05, 3.63) is 209 Å². The molecule has 0 spiro atoms. The van der Waals surface area contributed by atoms with Gasteiger partial charge in [0.1, 0.15) is 35.3 Å². The Balaban J connectivity index is 1.04. The van der Waals surface area contributed by atoms with Crippen LogP contribution in [0.4, 0.5) is 10.6 Å². The third-order valence-corrected chi connectivity index (χ3v) is 12.3. The molecule has 2 aliphatic rings. The molecule has 11 nitrogen and oxygen atoms in total. The highest BCUT2D eigenvalue weighted by Gasteiger charge is 2.48. The van der Waals surface area contributed by atoms with Crippen LogP contribution in [0.25, 0.3) is 11.1 Å². The van der Waals surface area contributed by atoms with E-state index >= 15 is 0 Å². The van der Waals surface area contributed by atoms with Crippen LogP contribution in [0.3, 0.4) is 0 Å². The van der Waals surface area contributed by atoms with Gasteiger partial charge in [-0.15, -0.1) is 0 Å². The summed E-state index contributed by atoms with van der Waals surface area (Å²) in [4.78, 5) is 33.8. The smallest absolute Gasteiger partial charge is 0.410 e. The molecule has 1 aromatic heterocycles. The molecule has 1 saturated heterocycles. The molecule has 0 radical (unpaired) electrons. The van der Waals surface area contributed by atoms with E-state index in [2.05, 4.69) is 34.6 Å². The summed E-state index contributed by atoms with van der Waals surface area (Å²) in [5, 5.41) is 14.9. The average molecular weight is 868 g/mol. The fourth-order valence-corrected chi connectivity index (χ4v) is 9.14. The Hall–Kier alpha value is -7.47. The molecule has 328 valence electrons. The lowest BCUT2D eigenvalue weighted by Crippen LogP contribution is -2.46. The van der Waals surface area contributed by atoms with Crippen molar-refractivity contribution in [1.29, 1.82) is 0 Å². The van der Waals surface area contributed by atoms with E-state index in [1.807, 2.05) is 121 Å². The quantitative estimate of drug-likeness (QED) is 0.0969. The largest absolute Gasteiger partial charge is 0.497 e. The molecule has 1 aliphatic heterocycles. The molecule has 0 saturated carbocycles. The molecule has 65 heavy (non-hydrogen) atoms. The normalized spacial score (nSPS) is 16.6. The predicted molar refractivity (Wildman–Crippen MR) is 247 cm³/mol. The molecule has 11 heteroatoms. The predicted octanol–water partition coefficient (Wildman–Crippen LogP) is 9.55. The molecule has 1 fully saturated rings. The summed E-state index contributed by atoms with van der Waals surface area (Å²) in [5.41, 5.74) is 6.29. The van der Waals surface area contributed by atoms with E-state index in [-0.39, 0.29) is 38.1 Å². The van der Waals surface area contributed by atoms with Crippen molar-refractivity contribution in [3.8, 4) is 28.4 Å². The van der Waals surface area contributed by atoms with Crippen molar-refractivity contribution in [2.24, 2.45) is 0 Å². The molecule has 6 aromatic carbocycles. The molecule has 0 bridgehead atoms. The van der Waals surface area contributed by atoms with Gasteiger partial charge < -0.3 is 34.1 Å². The highest BCUT2D eigenvalue weighted by molar-refractivity contribution is 5.91. The van der Waals surface area contributed by atoms with Crippen molar-refractivity contribution >= 4 is 17.8 Å². The maximum Gasteiger partial charge on any atom is 0.410 e. The highest BCUT2D eigenvalue weighted by Crippen LogP contribution is 2.46. The van der Waals surface area contributed by atoms with Gasteiger partial charge in [0.15, 0.2) is 6.61 Å². The second-order valence-electron chi connectivity index (χ2n) is 16.0. The number of hydrogen-bond acceptors (Lipinski definition) is 9. The van der Waals surface area contributed by atoms with Gasteiger partial charge in [-0.05, 0) is 87.0 Å². The maximum absolute atomic E-state index is 14.9. The zero-order valence-electron chi connectivity index (χ0n) is 36.1. The van der Waals surface area contributed by atoms with Gasteiger partial charge in [0.2, 0.25) is 0 Å². The number of pyridine rings is 1. The van der Waals surface area contributed by atoms with Crippen molar-refractivity contribution in [2.75, 3.05) is 39.4 Å². The number of methoxy groups -OCH3 is 2. The van der Waals surface area contributed by atoms with Crippen molar-refractivity contribution in [3.63, 3.8) is 0 Å². The highest BCUT2D eigenvalue weighted by atomic mass is 16.6. The number of para-hydroxylation sites is 1. The Kier molecular flexibility index (Phi) is 12.6. The van der Waals surface area contributed by atoms with Crippen LogP contribution in [0.2, 0.25) is 0 Å². The fourth-order valence-electron chi connectivity index (χ4n) is 9.14. The summed E-state index contributed by atoms with van der Waals surface area (Å²) in [7, 11) is 3.24. The lowest BCUT2D eigenvalue weighted by Gasteiger charge is -2.38. The molecule has 2 N–H and O–H groups in total. The topological polar surface area (TPSA) is 129 Å². The zero-order valence-corrected chi connectivity index (χ0v) is 36.1. The Morgan fingerprint density at radius 1 is 0.662 bits per heavy atom. The van der Waals surface area contributed by atoms with Crippen molar-refractivity contribution in [1.82, 2.24) is 9.88 Å². The number of nitrogens with one attached hydrogen (secondary N) is 1. The minimum Gasteiger partial charge on any atom is -0.497 e. The standard InChI is InChI=1S/C54H49N3O8/c1-61-40-26-22-38(23-27-40)54(37-13-5-3-6-14-37,39-24-28-41(62-2)29-25-39)65-34-49-50(58)31-48(36-21-30-51(55-32-36)56-52(59)35-63-42-15-7-4-8-16-42)57(49)53(60)64-33-47-45-19-11-9-17-43(45)44-18-10-12-20-46(44)47/h3-30,32,47-50,58H,31,33-35H2,1-2H3,(H,55,56,59)/t48-,49-,50+/m1/s1. The molecule has 0 unspecified atom stereocenters. The fraction of sp³-hybridized carbons (Fsp3) is 0.204. The minimum atomic E-state index is -1.21. The minimum absolute atomic E-state index is 0.0830.